The van der Waals surface area contributed by atoms with Crippen LogP contribution in [0.2, 0.25) is 0 Å². The molecule has 5 nitrogen and oxygen atoms in total. The van der Waals surface area contributed by atoms with Crippen LogP contribution in [0.25, 0.3) is 5.57 Å². The second-order valence-corrected chi connectivity index (χ2v) is 7.39. The Morgan fingerprint density at radius 3 is 2.61 bits per heavy atom. The molecule has 0 spiro atoms. The number of benzene rings is 1. The number of hydrogen-bond acceptors (Lipinski definition) is 3. The van der Waals surface area contributed by atoms with E-state index in [1.54, 1.807) is 4.90 Å². The molecule has 3 rings (SSSR count). The average Bonchev–Trinajstić information content (AvgIpc) is 3.16. The summed E-state index contributed by atoms with van der Waals surface area (Å²) in [4.78, 5) is 5.30. The standard InChI is InChI=1S/C19H19F3N4OS/c20-19(21,22)17-7-6-16(28-17)12-26(27)13-24-18(23)25-10-8-15(9-11-25)14-4-2-1-3-5-14/h1-8,13,23,27H,9-12H2/b23-18?,24-13-. The summed E-state index contributed by atoms with van der Waals surface area (Å²) in [5.74, 6) is -0.00966. The van der Waals surface area contributed by atoms with Crippen molar-refractivity contribution in [3.8, 4) is 0 Å². The lowest BCUT2D eigenvalue weighted by Crippen LogP contribution is -2.33. The monoisotopic (exact) mass is 408 g/mol. The zero-order chi connectivity index (χ0) is 20.1. The molecule has 0 amide bonds. The van der Waals surface area contributed by atoms with E-state index in [9.17, 15) is 18.4 Å². The van der Waals surface area contributed by atoms with E-state index in [0.717, 1.165) is 24.4 Å². The molecule has 2 heterocycles. The number of nitrogens with one attached hydrogen (secondary N) is 1. The highest BCUT2D eigenvalue weighted by molar-refractivity contribution is 7.12. The summed E-state index contributed by atoms with van der Waals surface area (Å²) in [6, 6.07) is 12.3. The minimum atomic E-state index is -4.39. The molecule has 0 atom stereocenters. The first kappa shape index (κ1) is 20.1. The van der Waals surface area contributed by atoms with Gasteiger partial charge in [0.25, 0.3) is 0 Å². The fourth-order valence-electron chi connectivity index (χ4n) is 2.79. The second kappa shape index (κ2) is 8.57. The summed E-state index contributed by atoms with van der Waals surface area (Å²) >= 11 is 0.568. The van der Waals surface area contributed by atoms with Crippen molar-refractivity contribution in [1.82, 2.24) is 9.96 Å². The van der Waals surface area contributed by atoms with E-state index in [1.165, 1.54) is 11.6 Å². The molecule has 1 aliphatic rings. The van der Waals surface area contributed by atoms with Gasteiger partial charge in [0, 0.05) is 18.0 Å². The Kier molecular flexibility index (Phi) is 6.15. The molecule has 0 bridgehead atoms. The van der Waals surface area contributed by atoms with Gasteiger partial charge in [-0.2, -0.15) is 13.2 Å². The number of aliphatic imine (C=N–C) groups is 1. The van der Waals surface area contributed by atoms with Crippen molar-refractivity contribution in [3.63, 3.8) is 0 Å². The summed E-state index contributed by atoms with van der Waals surface area (Å²) in [5.41, 5.74) is 2.38. The van der Waals surface area contributed by atoms with Crippen molar-refractivity contribution >= 4 is 29.2 Å². The van der Waals surface area contributed by atoms with Crippen LogP contribution in [0.15, 0.2) is 53.5 Å². The van der Waals surface area contributed by atoms with Crippen molar-refractivity contribution in [2.24, 2.45) is 4.99 Å². The molecular weight excluding hydrogens is 389 g/mol. The number of nitrogens with zero attached hydrogens (tertiary/aromatic N) is 3. The Morgan fingerprint density at radius 2 is 2.00 bits per heavy atom. The van der Waals surface area contributed by atoms with Crippen LogP contribution in [0.4, 0.5) is 13.2 Å². The molecule has 0 saturated heterocycles. The molecule has 0 fully saturated rings. The van der Waals surface area contributed by atoms with Gasteiger partial charge >= 0.3 is 6.18 Å². The van der Waals surface area contributed by atoms with Gasteiger partial charge in [0.1, 0.15) is 11.2 Å². The number of thiophene rings is 1. The van der Waals surface area contributed by atoms with Crippen molar-refractivity contribution in [2.75, 3.05) is 13.1 Å². The predicted molar refractivity (Wildman–Crippen MR) is 103 cm³/mol. The third kappa shape index (κ3) is 5.20. The highest BCUT2D eigenvalue weighted by Gasteiger charge is 2.32. The summed E-state index contributed by atoms with van der Waals surface area (Å²) in [6.45, 7) is 1.03. The van der Waals surface area contributed by atoms with E-state index in [1.807, 2.05) is 36.4 Å². The van der Waals surface area contributed by atoms with E-state index in [2.05, 4.69) is 4.99 Å². The lowest BCUT2D eigenvalue weighted by Gasteiger charge is -2.26. The maximum atomic E-state index is 12.6. The molecule has 1 aliphatic heterocycles. The second-order valence-electron chi connectivity index (χ2n) is 6.22. The van der Waals surface area contributed by atoms with Crippen LogP contribution in [0.1, 0.15) is 21.7 Å². The SMILES string of the molecule is N=C(/N=C\N(O)Cc1ccc(C(F)(F)F)s1)N1CC=C(c2ccccc2)CC1. The van der Waals surface area contributed by atoms with Crippen molar-refractivity contribution in [3.05, 3.63) is 63.9 Å². The van der Waals surface area contributed by atoms with Gasteiger partial charge < -0.3 is 4.90 Å². The Labute approximate surface area is 164 Å². The first-order chi connectivity index (χ1) is 13.3. The van der Waals surface area contributed by atoms with Gasteiger partial charge in [0.15, 0.2) is 0 Å². The van der Waals surface area contributed by atoms with Gasteiger partial charge in [0.2, 0.25) is 5.96 Å². The zero-order valence-electron chi connectivity index (χ0n) is 14.9. The lowest BCUT2D eigenvalue weighted by molar-refractivity contribution is -0.134. The van der Waals surface area contributed by atoms with Crippen LogP contribution in [0.5, 0.6) is 0 Å². The molecule has 28 heavy (non-hydrogen) atoms. The zero-order valence-corrected chi connectivity index (χ0v) is 15.7. The van der Waals surface area contributed by atoms with Gasteiger partial charge in [0.05, 0.1) is 6.54 Å². The molecule has 1 aromatic carbocycles. The number of alkyl halides is 3. The van der Waals surface area contributed by atoms with E-state index >= 15 is 0 Å². The normalized spacial score (nSPS) is 15.0. The highest BCUT2D eigenvalue weighted by atomic mass is 32.1. The fraction of sp³-hybridized carbons (Fsp3) is 0.263. The van der Waals surface area contributed by atoms with E-state index < -0.39 is 11.1 Å². The highest BCUT2D eigenvalue weighted by Crippen LogP contribution is 2.34. The fourth-order valence-corrected chi connectivity index (χ4v) is 3.66. The topological polar surface area (TPSA) is 62.9 Å². The molecule has 1 aromatic heterocycles. The maximum absolute atomic E-state index is 12.6. The Hall–Kier alpha value is -2.65. The summed E-state index contributed by atoms with van der Waals surface area (Å²) in [7, 11) is 0. The molecule has 0 unspecified atom stereocenters. The predicted octanol–water partition coefficient (Wildman–Crippen LogP) is 4.71. The Bertz CT molecular complexity index is 877. The van der Waals surface area contributed by atoms with E-state index in [-0.39, 0.29) is 12.5 Å². The molecule has 0 aliphatic carbocycles. The van der Waals surface area contributed by atoms with Crippen LogP contribution in [0.3, 0.4) is 0 Å². The van der Waals surface area contributed by atoms with Gasteiger partial charge in [-0.1, -0.05) is 36.4 Å². The first-order valence-electron chi connectivity index (χ1n) is 8.56. The molecule has 2 aromatic rings. The Balaban J connectivity index is 1.52. The number of guanidine groups is 1. The summed E-state index contributed by atoms with van der Waals surface area (Å²) in [5, 5.41) is 18.5. The van der Waals surface area contributed by atoms with E-state index in [4.69, 9.17) is 5.41 Å². The smallest absolute Gasteiger partial charge is 0.337 e. The molecule has 0 saturated carbocycles. The first-order valence-corrected chi connectivity index (χ1v) is 9.38. The third-order valence-electron chi connectivity index (χ3n) is 4.23. The van der Waals surface area contributed by atoms with Crippen molar-refractivity contribution in [1.29, 1.82) is 5.41 Å². The van der Waals surface area contributed by atoms with Crippen molar-refractivity contribution < 1.29 is 18.4 Å². The van der Waals surface area contributed by atoms with Crippen LogP contribution in [-0.2, 0) is 12.7 Å². The van der Waals surface area contributed by atoms with Crippen LogP contribution in [0, 0.1) is 5.41 Å². The minimum absolute atomic E-state index is 0.00966. The maximum Gasteiger partial charge on any atom is 0.425 e. The van der Waals surface area contributed by atoms with Gasteiger partial charge in [-0.25, -0.2) is 10.1 Å². The molecule has 9 heteroatoms. The van der Waals surface area contributed by atoms with Crippen molar-refractivity contribution in [2.45, 2.75) is 19.1 Å². The summed E-state index contributed by atoms with van der Waals surface area (Å²) < 4.78 is 37.8. The van der Waals surface area contributed by atoms with Gasteiger partial charge in [-0.15, -0.1) is 11.3 Å². The molecular formula is C19H19F3N4OS. The minimum Gasteiger partial charge on any atom is -0.337 e. The number of rotatable bonds is 4. The van der Waals surface area contributed by atoms with Gasteiger partial charge in [-0.3, -0.25) is 10.6 Å². The lowest BCUT2D eigenvalue weighted by atomic mass is 10.00. The average molecular weight is 408 g/mol. The third-order valence-corrected chi connectivity index (χ3v) is 5.34. The molecule has 2 N–H and O–H groups in total. The molecule has 148 valence electrons. The quantitative estimate of drug-likeness (QED) is 0.438. The summed E-state index contributed by atoms with van der Waals surface area (Å²) in [6.07, 6.45) is -0.518. The van der Waals surface area contributed by atoms with Crippen LogP contribution < -0.4 is 0 Å². The van der Waals surface area contributed by atoms with Gasteiger partial charge in [-0.05, 0) is 29.7 Å². The van der Waals surface area contributed by atoms with Crippen LogP contribution in [-0.4, -0.2) is 40.6 Å². The number of hydroxylamine groups is 2. The number of hydrogen-bond donors (Lipinski definition) is 2. The van der Waals surface area contributed by atoms with Crippen LogP contribution >= 0.6 is 11.3 Å². The number of halogens is 3. The largest absolute Gasteiger partial charge is 0.425 e. The Morgan fingerprint density at radius 1 is 1.25 bits per heavy atom. The van der Waals surface area contributed by atoms with E-state index in [0.29, 0.717) is 34.4 Å². The molecule has 0 radical (unpaired) electrons.